The average Bonchev–Trinajstić information content (AvgIpc) is 3.24. The first-order chi connectivity index (χ1) is 16.9. The molecule has 35 heavy (non-hydrogen) atoms. The van der Waals surface area contributed by atoms with E-state index in [0.717, 1.165) is 22.0 Å². The average molecular weight is 510 g/mol. The van der Waals surface area contributed by atoms with Gasteiger partial charge in [0.25, 0.3) is 5.91 Å². The van der Waals surface area contributed by atoms with Crippen LogP contribution in [0.15, 0.2) is 76.2 Å². The molecule has 9 heteroatoms. The molecular formula is C26H28ClN5O2S. The van der Waals surface area contributed by atoms with Crippen molar-refractivity contribution < 1.29 is 9.59 Å². The summed E-state index contributed by atoms with van der Waals surface area (Å²) in [4.78, 5) is 39.2. The monoisotopic (exact) mass is 509 g/mol. The molecule has 182 valence electrons. The van der Waals surface area contributed by atoms with Crippen molar-refractivity contribution in [3.8, 4) is 0 Å². The summed E-state index contributed by atoms with van der Waals surface area (Å²) in [5, 5.41) is 6.24. The number of aliphatic imine (C=N–C) groups is 1. The molecule has 1 aromatic heterocycles. The number of benzene rings is 1. The fraction of sp³-hybridized carbons (Fsp3) is 0.308. The van der Waals surface area contributed by atoms with Gasteiger partial charge in [0.05, 0.1) is 23.7 Å². The van der Waals surface area contributed by atoms with Crippen LogP contribution in [-0.4, -0.2) is 44.9 Å². The lowest BCUT2D eigenvalue weighted by Gasteiger charge is -2.38. The van der Waals surface area contributed by atoms with Crippen molar-refractivity contribution in [2.75, 3.05) is 13.1 Å². The smallest absolute Gasteiger partial charge is 0.254 e. The SMILES string of the molecule is CCN(CC)C(=O)C1=C(C)N=C2SC=C(CC(=O)NCc3cccnc3)N2C1c1cccc(Cl)c1. The minimum Gasteiger partial charge on any atom is -0.352 e. The highest BCUT2D eigenvalue weighted by atomic mass is 35.5. The molecule has 1 atom stereocenters. The molecule has 0 saturated heterocycles. The number of amidine groups is 1. The van der Waals surface area contributed by atoms with Crippen LogP contribution < -0.4 is 5.32 Å². The minimum atomic E-state index is -0.429. The van der Waals surface area contributed by atoms with Crippen molar-refractivity contribution in [2.45, 2.75) is 39.8 Å². The number of hydrogen-bond donors (Lipinski definition) is 1. The Morgan fingerprint density at radius 3 is 2.69 bits per heavy atom. The Balaban J connectivity index is 1.65. The van der Waals surface area contributed by atoms with Gasteiger partial charge in [0.2, 0.25) is 5.91 Å². The van der Waals surface area contributed by atoms with Crippen LogP contribution in [0.1, 0.15) is 44.4 Å². The Morgan fingerprint density at radius 1 is 1.20 bits per heavy atom. The molecule has 2 aliphatic rings. The highest BCUT2D eigenvalue weighted by Crippen LogP contribution is 2.45. The second kappa shape index (κ2) is 11.1. The first-order valence-corrected chi connectivity index (χ1v) is 12.8. The van der Waals surface area contributed by atoms with E-state index in [0.29, 0.717) is 35.9 Å². The second-order valence-corrected chi connectivity index (χ2v) is 9.51. The highest BCUT2D eigenvalue weighted by Gasteiger charge is 2.41. The zero-order valence-electron chi connectivity index (χ0n) is 20.0. The Hall–Kier alpha value is -3.10. The van der Waals surface area contributed by atoms with E-state index in [1.807, 2.05) is 67.5 Å². The molecule has 0 fully saturated rings. The Kier molecular flexibility index (Phi) is 7.93. The number of allylic oxidation sites excluding steroid dienone is 1. The topological polar surface area (TPSA) is 77.9 Å². The van der Waals surface area contributed by atoms with Crippen LogP contribution in [0, 0.1) is 0 Å². The van der Waals surface area contributed by atoms with E-state index in [2.05, 4.69) is 10.3 Å². The fourth-order valence-electron chi connectivity index (χ4n) is 4.25. The number of nitrogens with zero attached hydrogens (tertiary/aromatic N) is 4. The predicted octanol–water partition coefficient (Wildman–Crippen LogP) is 4.88. The molecule has 4 rings (SSSR count). The minimum absolute atomic E-state index is 0.0578. The van der Waals surface area contributed by atoms with Gasteiger partial charge in [-0.05, 0) is 55.5 Å². The van der Waals surface area contributed by atoms with Crippen molar-refractivity contribution in [3.05, 3.63) is 87.3 Å². The normalized spacial score (nSPS) is 17.0. The predicted molar refractivity (Wildman–Crippen MR) is 140 cm³/mol. The summed E-state index contributed by atoms with van der Waals surface area (Å²) in [5.74, 6) is -0.174. The zero-order chi connectivity index (χ0) is 24.9. The molecule has 7 nitrogen and oxygen atoms in total. The maximum absolute atomic E-state index is 13.6. The Labute approximate surface area is 215 Å². The van der Waals surface area contributed by atoms with Gasteiger partial charge in [-0.15, -0.1) is 0 Å². The third-order valence-electron chi connectivity index (χ3n) is 6.00. The number of hydrogen-bond acceptors (Lipinski definition) is 6. The van der Waals surface area contributed by atoms with Crippen molar-refractivity contribution in [3.63, 3.8) is 0 Å². The zero-order valence-corrected chi connectivity index (χ0v) is 21.6. The van der Waals surface area contributed by atoms with Crippen LogP contribution in [0.5, 0.6) is 0 Å². The molecule has 1 unspecified atom stereocenters. The van der Waals surface area contributed by atoms with Crippen LogP contribution in [0.3, 0.4) is 0 Å². The molecule has 1 N–H and O–H groups in total. The number of rotatable bonds is 8. The van der Waals surface area contributed by atoms with Crippen LogP contribution >= 0.6 is 23.4 Å². The number of aromatic nitrogens is 1. The van der Waals surface area contributed by atoms with Gasteiger partial charge in [-0.25, -0.2) is 4.99 Å². The second-order valence-electron chi connectivity index (χ2n) is 8.24. The summed E-state index contributed by atoms with van der Waals surface area (Å²) in [5.41, 5.74) is 3.88. The number of fused-ring (bicyclic) bond motifs is 1. The third kappa shape index (κ3) is 5.44. The molecule has 2 aliphatic heterocycles. The highest BCUT2D eigenvalue weighted by molar-refractivity contribution is 8.16. The summed E-state index contributed by atoms with van der Waals surface area (Å²) in [6.45, 7) is 7.40. The van der Waals surface area contributed by atoms with Crippen molar-refractivity contribution in [1.29, 1.82) is 0 Å². The molecule has 0 aliphatic carbocycles. The number of carbonyl (C=O) groups is 2. The van der Waals surface area contributed by atoms with Gasteiger partial charge in [-0.1, -0.05) is 41.6 Å². The Morgan fingerprint density at radius 2 is 2.00 bits per heavy atom. The molecule has 0 saturated carbocycles. The maximum Gasteiger partial charge on any atom is 0.254 e. The number of carbonyl (C=O) groups excluding carboxylic acids is 2. The summed E-state index contributed by atoms with van der Waals surface area (Å²) in [6.07, 6.45) is 3.59. The summed E-state index contributed by atoms with van der Waals surface area (Å²) in [6, 6.07) is 10.9. The van der Waals surface area contributed by atoms with E-state index in [-0.39, 0.29) is 18.2 Å². The van der Waals surface area contributed by atoms with Gasteiger partial charge in [-0.2, -0.15) is 0 Å². The molecule has 0 spiro atoms. The van der Waals surface area contributed by atoms with Gasteiger partial charge < -0.3 is 15.1 Å². The van der Waals surface area contributed by atoms with Gasteiger partial charge in [0.15, 0.2) is 5.17 Å². The lowest BCUT2D eigenvalue weighted by molar-refractivity contribution is -0.127. The molecule has 2 amide bonds. The fourth-order valence-corrected chi connectivity index (χ4v) is 5.41. The van der Waals surface area contributed by atoms with Crippen molar-refractivity contribution in [2.24, 2.45) is 4.99 Å². The van der Waals surface area contributed by atoms with E-state index in [1.165, 1.54) is 11.8 Å². The van der Waals surface area contributed by atoms with Gasteiger partial charge >= 0.3 is 0 Å². The van der Waals surface area contributed by atoms with Crippen LogP contribution in [0.25, 0.3) is 0 Å². The third-order valence-corrected chi connectivity index (χ3v) is 7.12. The van der Waals surface area contributed by atoms with E-state index in [4.69, 9.17) is 16.6 Å². The van der Waals surface area contributed by atoms with Gasteiger partial charge in [0, 0.05) is 42.7 Å². The summed E-state index contributed by atoms with van der Waals surface area (Å²) >= 11 is 7.82. The van der Waals surface area contributed by atoms with E-state index in [1.54, 1.807) is 17.3 Å². The number of likely N-dealkylation sites (N-methyl/N-ethyl adjacent to an activating group) is 1. The summed E-state index contributed by atoms with van der Waals surface area (Å²) < 4.78 is 0. The van der Waals surface area contributed by atoms with Gasteiger partial charge in [0.1, 0.15) is 0 Å². The molecule has 0 radical (unpaired) electrons. The van der Waals surface area contributed by atoms with Gasteiger partial charge in [-0.3, -0.25) is 14.6 Å². The molecule has 2 aromatic rings. The first-order valence-electron chi connectivity index (χ1n) is 11.6. The van der Waals surface area contributed by atoms with E-state index in [9.17, 15) is 9.59 Å². The van der Waals surface area contributed by atoms with E-state index >= 15 is 0 Å². The number of halogens is 1. The molecule has 0 bridgehead atoms. The number of thioether (sulfide) groups is 1. The van der Waals surface area contributed by atoms with Crippen molar-refractivity contribution in [1.82, 2.24) is 20.1 Å². The van der Waals surface area contributed by atoms with Crippen LogP contribution in [-0.2, 0) is 16.1 Å². The number of amides is 2. The van der Waals surface area contributed by atoms with Crippen molar-refractivity contribution >= 4 is 40.3 Å². The lowest BCUT2D eigenvalue weighted by atomic mass is 9.92. The standard InChI is InChI=1S/C26H28ClN5O2S/c1-4-31(5-2)25(34)23-17(3)30-26-32(24(23)19-9-6-10-20(27)12-19)21(16-35-26)13-22(33)29-15-18-8-7-11-28-14-18/h6-12,14,16,24H,4-5,13,15H2,1-3H3,(H,29,33). The maximum atomic E-state index is 13.6. The van der Waals surface area contributed by atoms with E-state index < -0.39 is 6.04 Å². The molecule has 3 heterocycles. The quantitative estimate of drug-likeness (QED) is 0.548. The summed E-state index contributed by atoms with van der Waals surface area (Å²) in [7, 11) is 0. The number of pyridine rings is 1. The first kappa shape index (κ1) is 25.0. The molecular weight excluding hydrogens is 482 g/mol. The largest absolute Gasteiger partial charge is 0.352 e. The Bertz CT molecular complexity index is 1210. The molecule has 1 aromatic carbocycles. The lowest BCUT2D eigenvalue weighted by Crippen LogP contribution is -2.42. The number of nitrogens with one attached hydrogen (secondary N) is 1. The van der Waals surface area contributed by atoms with Crippen LogP contribution in [0.4, 0.5) is 0 Å². The van der Waals surface area contributed by atoms with Crippen LogP contribution in [0.2, 0.25) is 5.02 Å².